The summed E-state index contributed by atoms with van der Waals surface area (Å²) in [6, 6.07) is 6.24. The van der Waals surface area contributed by atoms with Crippen LogP contribution in [0.5, 0.6) is 0 Å². The van der Waals surface area contributed by atoms with Crippen molar-refractivity contribution in [2.45, 2.75) is 25.4 Å². The van der Waals surface area contributed by atoms with Crippen molar-refractivity contribution in [1.29, 1.82) is 0 Å². The summed E-state index contributed by atoms with van der Waals surface area (Å²) >= 11 is 0. The number of hydrogen-bond acceptors (Lipinski definition) is 4. The maximum atomic E-state index is 12.4. The molecule has 0 aliphatic carbocycles. The third kappa shape index (κ3) is 2.56. The van der Waals surface area contributed by atoms with E-state index in [1.807, 2.05) is 4.90 Å². The lowest BCUT2D eigenvalue weighted by Gasteiger charge is -2.27. The molecule has 1 aromatic rings. The van der Waals surface area contributed by atoms with E-state index in [4.69, 9.17) is 0 Å². The van der Waals surface area contributed by atoms with E-state index in [0.29, 0.717) is 11.6 Å². The second kappa shape index (κ2) is 5.33. The van der Waals surface area contributed by atoms with Gasteiger partial charge in [-0.2, -0.15) is 0 Å². The van der Waals surface area contributed by atoms with Crippen LogP contribution in [0, 0.1) is 16.0 Å². The van der Waals surface area contributed by atoms with Gasteiger partial charge < -0.3 is 15.5 Å². The summed E-state index contributed by atoms with van der Waals surface area (Å²) in [7, 11) is 0. The second-order valence-electron chi connectivity index (χ2n) is 5.71. The van der Waals surface area contributed by atoms with Gasteiger partial charge in [-0.25, -0.2) is 4.79 Å². The molecule has 112 valence electrons. The van der Waals surface area contributed by atoms with Crippen molar-refractivity contribution >= 4 is 17.4 Å². The normalized spacial score (nSPS) is 27.5. The molecule has 0 radical (unpaired) electrons. The van der Waals surface area contributed by atoms with Gasteiger partial charge in [0.05, 0.1) is 11.0 Å². The summed E-state index contributed by atoms with van der Waals surface area (Å²) in [5.74, 6) is 0.530. The first-order chi connectivity index (χ1) is 10.1. The van der Waals surface area contributed by atoms with Crippen LogP contribution in [0.25, 0.3) is 0 Å². The summed E-state index contributed by atoms with van der Waals surface area (Å²) in [6.07, 6.45) is 1.02. The fourth-order valence-corrected chi connectivity index (χ4v) is 3.37. The van der Waals surface area contributed by atoms with E-state index in [2.05, 4.69) is 17.6 Å². The maximum Gasteiger partial charge on any atom is 0.322 e. The minimum absolute atomic E-state index is 0.0163. The van der Waals surface area contributed by atoms with Crippen molar-refractivity contribution in [2.75, 3.05) is 18.4 Å². The van der Waals surface area contributed by atoms with E-state index in [1.54, 1.807) is 12.1 Å². The number of benzene rings is 1. The third-order valence-corrected chi connectivity index (χ3v) is 4.34. The highest BCUT2D eigenvalue weighted by Gasteiger charge is 2.44. The Morgan fingerprint density at radius 2 is 2.10 bits per heavy atom. The highest BCUT2D eigenvalue weighted by Crippen LogP contribution is 2.32. The minimum Gasteiger partial charge on any atom is -0.317 e. The topological polar surface area (TPSA) is 87.5 Å². The quantitative estimate of drug-likeness (QED) is 0.642. The average Bonchev–Trinajstić information content (AvgIpc) is 2.98. The molecule has 2 heterocycles. The molecule has 0 aromatic heterocycles. The zero-order chi connectivity index (χ0) is 15.0. The van der Waals surface area contributed by atoms with Gasteiger partial charge in [0, 0.05) is 37.0 Å². The fraction of sp³-hybridized carbons (Fsp3) is 0.500. The molecule has 1 aromatic carbocycles. The summed E-state index contributed by atoms with van der Waals surface area (Å²) in [5.41, 5.74) is 0.592. The van der Waals surface area contributed by atoms with Gasteiger partial charge >= 0.3 is 6.03 Å². The highest BCUT2D eigenvalue weighted by atomic mass is 16.6. The number of anilines is 1. The summed E-state index contributed by atoms with van der Waals surface area (Å²) in [6.45, 7) is 3.87. The minimum atomic E-state index is -0.455. The Hall–Kier alpha value is -2.15. The first-order valence-corrected chi connectivity index (χ1v) is 7.11. The molecule has 3 unspecified atom stereocenters. The predicted octanol–water partition coefficient (Wildman–Crippen LogP) is 1.81. The molecule has 0 spiro atoms. The monoisotopic (exact) mass is 290 g/mol. The van der Waals surface area contributed by atoms with E-state index in [1.165, 1.54) is 12.1 Å². The van der Waals surface area contributed by atoms with Gasteiger partial charge in [-0.15, -0.1) is 0 Å². The number of urea groups is 1. The van der Waals surface area contributed by atoms with Gasteiger partial charge in [-0.05, 0) is 31.4 Å². The number of likely N-dealkylation sites (tertiary alicyclic amines) is 1. The summed E-state index contributed by atoms with van der Waals surface area (Å²) < 4.78 is 0. The van der Waals surface area contributed by atoms with Gasteiger partial charge in [-0.3, -0.25) is 10.1 Å². The molecule has 7 nitrogen and oxygen atoms in total. The Morgan fingerprint density at radius 1 is 1.38 bits per heavy atom. The first-order valence-electron chi connectivity index (χ1n) is 7.11. The molecule has 3 rings (SSSR count). The smallest absolute Gasteiger partial charge is 0.317 e. The molecular formula is C14H18N4O3. The van der Waals surface area contributed by atoms with Crippen molar-refractivity contribution in [3.8, 4) is 0 Å². The molecule has 21 heavy (non-hydrogen) atoms. The molecule has 2 fully saturated rings. The number of fused-ring (bicyclic) bond motifs is 1. The van der Waals surface area contributed by atoms with Crippen LogP contribution < -0.4 is 10.6 Å². The number of carbonyl (C=O) groups is 1. The number of nitro benzene ring substituents is 1. The predicted molar refractivity (Wildman–Crippen MR) is 78.2 cm³/mol. The van der Waals surface area contributed by atoms with Gasteiger partial charge in [-0.1, -0.05) is 0 Å². The molecule has 2 N–H and O–H groups in total. The number of rotatable bonds is 2. The molecule has 0 bridgehead atoms. The Morgan fingerprint density at radius 3 is 2.76 bits per heavy atom. The van der Waals surface area contributed by atoms with Gasteiger partial charge in [0.1, 0.15) is 0 Å². The standard InChI is InChI=1S/C14H18N4O3/c1-9-6-10-7-15-8-13(10)17(9)14(19)16-11-2-4-12(5-3-11)18(20)21/h2-5,9-10,13,15H,6-8H2,1H3,(H,16,19). The molecule has 2 aliphatic rings. The summed E-state index contributed by atoms with van der Waals surface area (Å²) in [4.78, 5) is 24.5. The lowest BCUT2D eigenvalue weighted by Crippen LogP contribution is -2.45. The fourth-order valence-electron chi connectivity index (χ4n) is 3.37. The third-order valence-electron chi connectivity index (χ3n) is 4.34. The zero-order valence-electron chi connectivity index (χ0n) is 11.8. The van der Waals surface area contributed by atoms with Gasteiger partial charge in [0.25, 0.3) is 5.69 Å². The van der Waals surface area contributed by atoms with Crippen LogP contribution in [-0.4, -0.2) is 41.0 Å². The van der Waals surface area contributed by atoms with Crippen LogP contribution >= 0.6 is 0 Å². The van der Waals surface area contributed by atoms with E-state index in [-0.39, 0.29) is 23.8 Å². The number of nitro groups is 1. The van der Waals surface area contributed by atoms with Crippen molar-refractivity contribution in [3.63, 3.8) is 0 Å². The second-order valence-corrected chi connectivity index (χ2v) is 5.71. The van der Waals surface area contributed by atoms with Gasteiger partial charge in [0.2, 0.25) is 0 Å². The molecule has 0 saturated carbocycles. The average molecular weight is 290 g/mol. The van der Waals surface area contributed by atoms with Gasteiger partial charge in [0.15, 0.2) is 0 Å². The van der Waals surface area contributed by atoms with E-state index in [0.717, 1.165) is 19.5 Å². The molecule has 3 atom stereocenters. The van der Waals surface area contributed by atoms with Crippen LogP contribution in [0.1, 0.15) is 13.3 Å². The van der Waals surface area contributed by atoms with E-state index < -0.39 is 4.92 Å². The lowest BCUT2D eigenvalue weighted by molar-refractivity contribution is -0.384. The lowest BCUT2D eigenvalue weighted by atomic mass is 10.0. The molecule has 7 heteroatoms. The highest BCUT2D eigenvalue weighted by molar-refractivity contribution is 5.90. The molecular weight excluding hydrogens is 272 g/mol. The zero-order valence-corrected chi connectivity index (χ0v) is 11.8. The van der Waals surface area contributed by atoms with Crippen LogP contribution in [0.2, 0.25) is 0 Å². The van der Waals surface area contributed by atoms with Crippen LogP contribution in [0.3, 0.4) is 0 Å². The van der Waals surface area contributed by atoms with E-state index in [9.17, 15) is 14.9 Å². The number of non-ortho nitro benzene ring substituents is 1. The van der Waals surface area contributed by atoms with Crippen molar-refractivity contribution < 1.29 is 9.72 Å². The Kier molecular flexibility index (Phi) is 3.50. The molecule has 2 amide bonds. The molecule has 2 aliphatic heterocycles. The van der Waals surface area contributed by atoms with Crippen molar-refractivity contribution in [1.82, 2.24) is 10.2 Å². The van der Waals surface area contributed by atoms with Crippen molar-refractivity contribution in [3.05, 3.63) is 34.4 Å². The van der Waals surface area contributed by atoms with Crippen molar-refractivity contribution in [2.24, 2.45) is 5.92 Å². The number of nitrogens with zero attached hydrogens (tertiary/aromatic N) is 2. The Bertz CT molecular complexity index is 560. The number of carbonyl (C=O) groups excluding carboxylic acids is 1. The van der Waals surface area contributed by atoms with Crippen LogP contribution in [-0.2, 0) is 0 Å². The van der Waals surface area contributed by atoms with Crippen LogP contribution in [0.15, 0.2) is 24.3 Å². The summed E-state index contributed by atoms with van der Waals surface area (Å²) in [5, 5.41) is 16.8. The number of amides is 2. The first kappa shape index (κ1) is 13.8. The maximum absolute atomic E-state index is 12.4. The van der Waals surface area contributed by atoms with E-state index >= 15 is 0 Å². The Balaban J connectivity index is 1.69. The van der Waals surface area contributed by atoms with Crippen LogP contribution in [0.4, 0.5) is 16.2 Å². The Labute approximate surface area is 122 Å². The molecule has 2 saturated heterocycles. The largest absolute Gasteiger partial charge is 0.322 e. The SMILES string of the molecule is CC1CC2CNCC2N1C(=O)Nc1ccc([N+](=O)[O-])cc1. The number of hydrogen-bond donors (Lipinski definition) is 2. The number of nitrogens with one attached hydrogen (secondary N) is 2.